The molecule has 1 aromatic heterocycles. The lowest BCUT2D eigenvalue weighted by molar-refractivity contribution is 0.948. The monoisotopic (exact) mass is 208 g/mol. The molecule has 13 heavy (non-hydrogen) atoms. The van der Waals surface area contributed by atoms with Crippen molar-refractivity contribution >= 4 is 33.5 Å². The first-order chi connectivity index (χ1) is 6.42. The van der Waals surface area contributed by atoms with Crippen LogP contribution in [0.15, 0.2) is 28.6 Å². The molecule has 0 N–H and O–H groups in total. The van der Waals surface area contributed by atoms with Crippen molar-refractivity contribution in [2.45, 2.75) is 4.34 Å². The Labute approximate surface area is 84.7 Å². The first-order valence-electron chi connectivity index (χ1n) is 4.20. The van der Waals surface area contributed by atoms with Gasteiger partial charge < -0.3 is 0 Å². The standard InChI is InChI=1S/C9H8N2S2/c1-2-4-8-7(3-1)10-9(12-8)13-11-5-6-11/h1-4H,5-6H2. The average Bonchev–Trinajstić information content (AvgIpc) is 2.85. The minimum atomic E-state index is 1.12. The molecule has 2 heterocycles. The SMILES string of the molecule is c1ccc2sc(SN3CC3)nc2c1. The van der Waals surface area contributed by atoms with E-state index >= 15 is 0 Å². The van der Waals surface area contributed by atoms with Crippen LogP contribution in [0.4, 0.5) is 0 Å². The van der Waals surface area contributed by atoms with Crippen LogP contribution in [0.2, 0.25) is 0 Å². The summed E-state index contributed by atoms with van der Waals surface area (Å²) >= 11 is 3.55. The highest BCUT2D eigenvalue weighted by Gasteiger charge is 2.20. The van der Waals surface area contributed by atoms with Crippen molar-refractivity contribution in [3.05, 3.63) is 24.3 Å². The Morgan fingerprint density at radius 3 is 2.92 bits per heavy atom. The van der Waals surface area contributed by atoms with E-state index in [1.807, 2.05) is 6.07 Å². The Morgan fingerprint density at radius 1 is 1.31 bits per heavy atom. The van der Waals surface area contributed by atoms with E-state index in [1.54, 1.807) is 23.3 Å². The van der Waals surface area contributed by atoms with Crippen molar-refractivity contribution in [3.63, 3.8) is 0 Å². The van der Waals surface area contributed by atoms with Gasteiger partial charge in [-0.3, -0.25) is 0 Å². The molecule has 2 nitrogen and oxygen atoms in total. The van der Waals surface area contributed by atoms with E-state index in [9.17, 15) is 0 Å². The maximum absolute atomic E-state index is 4.53. The van der Waals surface area contributed by atoms with Crippen LogP contribution < -0.4 is 0 Å². The Balaban J connectivity index is 2.00. The quantitative estimate of drug-likeness (QED) is 0.557. The molecule has 1 fully saturated rings. The third-order valence-electron chi connectivity index (χ3n) is 1.89. The molecule has 1 saturated heterocycles. The molecule has 0 unspecified atom stereocenters. The lowest BCUT2D eigenvalue weighted by Gasteiger charge is -1.90. The summed E-state index contributed by atoms with van der Waals surface area (Å²) in [5.41, 5.74) is 1.12. The minimum absolute atomic E-state index is 1.12. The number of benzene rings is 1. The van der Waals surface area contributed by atoms with Crippen molar-refractivity contribution in [2.24, 2.45) is 0 Å². The van der Waals surface area contributed by atoms with Gasteiger partial charge in [-0.05, 0) is 24.1 Å². The molecule has 1 aliphatic heterocycles. The van der Waals surface area contributed by atoms with E-state index in [0.717, 1.165) is 5.52 Å². The van der Waals surface area contributed by atoms with Gasteiger partial charge in [0.15, 0.2) is 4.34 Å². The topological polar surface area (TPSA) is 15.9 Å². The summed E-state index contributed by atoms with van der Waals surface area (Å²) in [6, 6.07) is 8.29. The van der Waals surface area contributed by atoms with Crippen molar-refractivity contribution in [3.8, 4) is 0 Å². The summed E-state index contributed by atoms with van der Waals surface area (Å²) in [6.07, 6.45) is 0. The van der Waals surface area contributed by atoms with E-state index in [4.69, 9.17) is 0 Å². The number of nitrogens with zero attached hydrogens (tertiary/aromatic N) is 2. The van der Waals surface area contributed by atoms with Crippen molar-refractivity contribution < 1.29 is 0 Å². The van der Waals surface area contributed by atoms with Gasteiger partial charge in [0.1, 0.15) is 0 Å². The Kier molecular flexibility index (Phi) is 1.78. The highest BCUT2D eigenvalue weighted by atomic mass is 32.2. The molecule has 1 aliphatic rings. The molecule has 0 bridgehead atoms. The fourth-order valence-electron chi connectivity index (χ4n) is 1.13. The van der Waals surface area contributed by atoms with E-state index in [-0.39, 0.29) is 0 Å². The third kappa shape index (κ3) is 1.57. The summed E-state index contributed by atoms with van der Waals surface area (Å²) in [7, 11) is 0. The number of aromatic nitrogens is 1. The molecular formula is C9H8N2S2. The highest BCUT2D eigenvalue weighted by Crippen LogP contribution is 2.34. The zero-order valence-electron chi connectivity index (χ0n) is 6.93. The van der Waals surface area contributed by atoms with Crippen LogP contribution in [0.5, 0.6) is 0 Å². The van der Waals surface area contributed by atoms with E-state index in [1.165, 1.54) is 22.1 Å². The zero-order valence-corrected chi connectivity index (χ0v) is 8.57. The first kappa shape index (κ1) is 7.79. The smallest absolute Gasteiger partial charge is 0.166 e. The molecule has 0 amide bonds. The molecule has 4 heteroatoms. The number of hydrogen-bond donors (Lipinski definition) is 0. The highest BCUT2D eigenvalue weighted by molar-refractivity contribution is 7.99. The number of para-hydroxylation sites is 1. The number of thiazole rings is 1. The van der Waals surface area contributed by atoms with Gasteiger partial charge in [0, 0.05) is 13.1 Å². The second-order valence-corrected chi connectivity index (χ2v) is 5.34. The van der Waals surface area contributed by atoms with Crippen LogP contribution in [-0.4, -0.2) is 22.4 Å². The van der Waals surface area contributed by atoms with Crippen LogP contribution >= 0.6 is 23.3 Å². The first-order valence-corrected chi connectivity index (χ1v) is 5.79. The van der Waals surface area contributed by atoms with Gasteiger partial charge in [0.25, 0.3) is 0 Å². The summed E-state index contributed by atoms with van der Waals surface area (Å²) in [5.74, 6) is 0. The summed E-state index contributed by atoms with van der Waals surface area (Å²) < 4.78 is 4.75. The van der Waals surface area contributed by atoms with Crippen molar-refractivity contribution in [2.75, 3.05) is 13.1 Å². The van der Waals surface area contributed by atoms with Crippen molar-refractivity contribution in [1.82, 2.24) is 9.29 Å². The molecule has 0 atom stereocenters. The fourth-order valence-corrected chi connectivity index (χ4v) is 3.19. The number of rotatable bonds is 2. The van der Waals surface area contributed by atoms with Crippen LogP contribution in [0.25, 0.3) is 10.2 Å². The predicted octanol–water partition coefficient (Wildman–Crippen LogP) is 2.62. The second kappa shape index (κ2) is 2.97. The summed E-state index contributed by atoms with van der Waals surface area (Å²) in [5, 5.41) is 0. The van der Waals surface area contributed by atoms with Crippen LogP contribution in [0.3, 0.4) is 0 Å². The molecule has 2 aromatic rings. The van der Waals surface area contributed by atoms with Gasteiger partial charge in [0.2, 0.25) is 0 Å². The number of hydrogen-bond acceptors (Lipinski definition) is 4. The predicted molar refractivity (Wildman–Crippen MR) is 57.1 cm³/mol. The molecule has 0 radical (unpaired) electrons. The van der Waals surface area contributed by atoms with Gasteiger partial charge in [-0.2, -0.15) is 0 Å². The van der Waals surface area contributed by atoms with E-state index in [0.29, 0.717) is 0 Å². The summed E-state index contributed by atoms with van der Waals surface area (Å²) in [6.45, 7) is 2.42. The lowest BCUT2D eigenvalue weighted by Crippen LogP contribution is -1.78. The Bertz CT molecular complexity index is 401. The maximum Gasteiger partial charge on any atom is 0.166 e. The van der Waals surface area contributed by atoms with Gasteiger partial charge in [-0.25, -0.2) is 9.29 Å². The fraction of sp³-hybridized carbons (Fsp3) is 0.222. The molecule has 1 aromatic carbocycles. The van der Waals surface area contributed by atoms with Crippen LogP contribution in [-0.2, 0) is 0 Å². The molecule has 3 rings (SSSR count). The number of fused-ring (bicyclic) bond motifs is 1. The zero-order chi connectivity index (χ0) is 8.67. The molecular weight excluding hydrogens is 200 g/mol. The van der Waals surface area contributed by atoms with Gasteiger partial charge in [-0.1, -0.05) is 12.1 Å². The third-order valence-corrected chi connectivity index (χ3v) is 4.06. The Morgan fingerprint density at radius 2 is 2.15 bits per heavy atom. The normalized spacial score (nSPS) is 16.6. The maximum atomic E-state index is 4.53. The molecule has 66 valence electrons. The molecule has 0 spiro atoms. The van der Waals surface area contributed by atoms with Crippen LogP contribution in [0, 0.1) is 0 Å². The molecule has 0 saturated carbocycles. The minimum Gasteiger partial charge on any atom is -0.242 e. The Hall–Kier alpha value is -0.580. The van der Waals surface area contributed by atoms with E-state index in [2.05, 4.69) is 27.5 Å². The molecule has 0 aliphatic carbocycles. The summed E-state index contributed by atoms with van der Waals surface area (Å²) in [4.78, 5) is 4.53. The van der Waals surface area contributed by atoms with Gasteiger partial charge in [0.05, 0.1) is 10.2 Å². The average molecular weight is 208 g/mol. The second-order valence-electron chi connectivity index (χ2n) is 2.97. The van der Waals surface area contributed by atoms with Crippen LogP contribution in [0.1, 0.15) is 0 Å². The van der Waals surface area contributed by atoms with Gasteiger partial charge >= 0.3 is 0 Å². The van der Waals surface area contributed by atoms with Gasteiger partial charge in [-0.15, -0.1) is 11.3 Å². The lowest BCUT2D eigenvalue weighted by atomic mass is 10.3. The van der Waals surface area contributed by atoms with E-state index < -0.39 is 0 Å². The van der Waals surface area contributed by atoms with Crippen molar-refractivity contribution in [1.29, 1.82) is 0 Å². The largest absolute Gasteiger partial charge is 0.242 e.